The van der Waals surface area contributed by atoms with Crippen LogP contribution in [0.15, 0.2) is 30.3 Å². The van der Waals surface area contributed by atoms with Gasteiger partial charge in [-0.2, -0.15) is 0 Å². The molecule has 1 fully saturated rings. The number of hydrogen-bond donors (Lipinski definition) is 3. The number of benzene rings is 1. The van der Waals surface area contributed by atoms with E-state index in [1.54, 1.807) is 6.92 Å². The lowest BCUT2D eigenvalue weighted by atomic mass is 10.1. The van der Waals surface area contributed by atoms with Gasteiger partial charge in [0.05, 0.1) is 6.10 Å². The molecule has 1 aromatic carbocycles. The number of amides is 2. The van der Waals surface area contributed by atoms with Crippen LogP contribution in [0, 0.1) is 0 Å². The molecule has 116 valence electrons. The van der Waals surface area contributed by atoms with Crippen LogP contribution >= 0.6 is 0 Å². The molecule has 2 atom stereocenters. The van der Waals surface area contributed by atoms with Crippen LogP contribution in [-0.2, 0) is 0 Å². The number of carbonyl (C=O) groups is 1. The van der Waals surface area contributed by atoms with Crippen molar-refractivity contribution in [1.82, 2.24) is 10.6 Å². The van der Waals surface area contributed by atoms with Crippen molar-refractivity contribution in [3.63, 3.8) is 0 Å². The zero-order chi connectivity index (χ0) is 15.1. The molecule has 1 aliphatic rings. The molecule has 0 aliphatic carbocycles. The Morgan fingerprint density at radius 3 is 2.90 bits per heavy atom. The lowest BCUT2D eigenvalue weighted by molar-refractivity contribution is 0.183. The van der Waals surface area contributed by atoms with Crippen molar-refractivity contribution < 1.29 is 9.90 Å². The van der Waals surface area contributed by atoms with Gasteiger partial charge in [0.25, 0.3) is 0 Å². The van der Waals surface area contributed by atoms with Crippen LogP contribution in [-0.4, -0.2) is 42.9 Å². The van der Waals surface area contributed by atoms with Crippen molar-refractivity contribution in [1.29, 1.82) is 0 Å². The van der Waals surface area contributed by atoms with Crippen LogP contribution in [0.4, 0.5) is 10.5 Å². The number of hydrogen-bond acceptors (Lipinski definition) is 3. The first-order valence-electron chi connectivity index (χ1n) is 7.67. The van der Waals surface area contributed by atoms with E-state index in [2.05, 4.69) is 27.7 Å². The number of anilines is 1. The van der Waals surface area contributed by atoms with Gasteiger partial charge in [-0.15, -0.1) is 0 Å². The average molecular weight is 291 g/mol. The molecule has 2 amide bonds. The number of para-hydroxylation sites is 1. The number of rotatable bonds is 5. The van der Waals surface area contributed by atoms with Gasteiger partial charge in [0.1, 0.15) is 0 Å². The summed E-state index contributed by atoms with van der Waals surface area (Å²) < 4.78 is 0. The summed E-state index contributed by atoms with van der Waals surface area (Å²) in [5.41, 5.74) is 1.21. The number of piperidine rings is 1. The third-order valence-electron chi connectivity index (χ3n) is 3.73. The normalized spacial score (nSPS) is 19.9. The van der Waals surface area contributed by atoms with Crippen LogP contribution in [0.5, 0.6) is 0 Å². The van der Waals surface area contributed by atoms with Gasteiger partial charge in [-0.1, -0.05) is 18.2 Å². The van der Waals surface area contributed by atoms with E-state index in [1.165, 1.54) is 5.69 Å². The smallest absolute Gasteiger partial charge is 0.315 e. The van der Waals surface area contributed by atoms with Crippen LogP contribution in [0.2, 0.25) is 0 Å². The summed E-state index contributed by atoms with van der Waals surface area (Å²) in [7, 11) is 0. The number of nitrogens with one attached hydrogen (secondary N) is 2. The number of aliphatic hydroxyl groups is 1. The van der Waals surface area contributed by atoms with Gasteiger partial charge >= 0.3 is 6.03 Å². The zero-order valence-electron chi connectivity index (χ0n) is 12.6. The second-order valence-electron chi connectivity index (χ2n) is 5.66. The lowest BCUT2D eigenvalue weighted by Crippen LogP contribution is -2.50. The predicted molar refractivity (Wildman–Crippen MR) is 84.5 cm³/mol. The first-order valence-corrected chi connectivity index (χ1v) is 7.67. The van der Waals surface area contributed by atoms with Crippen molar-refractivity contribution in [3.8, 4) is 0 Å². The standard InChI is InChI=1S/C16H25N3O2/c1-13(20)9-10-17-16(21)18-14-6-5-11-19(12-14)15-7-3-2-4-8-15/h2-4,7-8,13-14,20H,5-6,9-12H2,1H3,(H2,17,18,21). The molecule has 0 aromatic heterocycles. The first-order chi connectivity index (χ1) is 10.1. The minimum absolute atomic E-state index is 0.143. The van der Waals surface area contributed by atoms with Crippen LogP contribution in [0.3, 0.4) is 0 Å². The molecule has 2 rings (SSSR count). The molecular formula is C16H25N3O2. The first kappa shape index (κ1) is 15.6. The van der Waals surface area contributed by atoms with Gasteiger partial charge in [0.2, 0.25) is 0 Å². The Morgan fingerprint density at radius 2 is 2.19 bits per heavy atom. The van der Waals surface area contributed by atoms with Gasteiger partial charge in [-0.25, -0.2) is 4.79 Å². The van der Waals surface area contributed by atoms with Gasteiger partial charge in [0, 0.05) is 31.4 Å². The summed E-state index contributed by atoms with van der Waals surface area (Å²) in [5.74, 6) is 0. The quantitative estimate of drug-likeness (QED) is 0.774. The second-order valence-corrected chi connectivity index (χ2v) is 5.66. The number of nitrogens with zero attached hydrogens (tertiary/aromatic N) is 1. The third kappa shape index (κ3) is 5.27. The van der Waals surface area contributed by atoms with Crippen LogP contribution < -0.4 is 15.5 Å². The molecule has 1 saturated heterocycles. The molecule has 21 heavy (non-hydrogen) atoms. The summed E-state index contributed by atoms with van der Waals surface area (Å²) in [5, 5.41) is 15.0. The highest BCUT2D eigenvalue weighted by Gasteiger charge is 2.21. The van der Waals surface area contributed by atoms with E-state index in [0.29, 0.717) is 13.0 Å². The molecule has 5 nitrogen and oxygen atoms in total. The Labute approximate surface area is 126 Å². The average Bonchev–Trinajstić information content (AvgIpc) is 2.48. The maximum Gasteiger partial charge on any atom is 0.315 e. The second kappa shape index (κ2) is 7.88. The molecule has 1 aliphatic heterocycles. The van der Waals surface area contributed by atoms with E-state index < -0.39 is 0 Å². The predicted octanol–water partition coefficient (Wildman–Crippen LogP) is 1.73. The van der Waals surface area contributed by atoms with E-state index in [-0.39, 0.29) is 18.2 Å². The Balaban J connectivity index is 1.77. The maximum absolute atomic E-state index is 11.8. The Bertz CT molecular complexity index is 436. The number of carbonyl (C=O) groups excluding carboxylic acids is 1. The van der Waals surface area contributed by atoms with E-state index in [9.17, 15) is 4.79 Å². The molecule has 5 heteroatoms. The topological polar surface area (TPSA) is 64.6 Å². The Morgan fingerprint density at radius 1 is 1.43 bits per heavy atom. The fraction of sp³-hybridized carbons (Fsp3) is 0.562. The maximum atomic E-state index is 11.8. The minimum Gasteiger partial charge on any atom is -0.393 e. The number of aliphatic hydroxyl groups excluding tert-OH is 1. The molecule has 0 spiro atoms. The molecule has 0 saturated carbocycles. The lowest BCUT2D eigenvalue weighted by Gasteiger charge is -2.34. The van der Waals surface area contributed by atoms with Crippen molar-refractivity contribution in [2.45, 2.75) is 38.3 Å². The van der Waals surface area contributed by atoms with Crippen molar-refractivity contribution in [2.75, 3.05) is 24.5 Å². The summed E-state index contributed by atoms with van der Waals surface area (Å²) in [4.78, 5) is 14.1. The van der Waals surface area contributed by atoms with Crippen molar-refractivity contribution >= 4 is 11.7 Å². The minimum atomic E-state index is -0.381. The van der Waals surface area contributed by atoms with Gasteiger partial charge in [0.15, 0.2) is 0 Å². The highest BCUT2D eigenvalue weighted by atomic mass is 16.3. The van der Waals surface area contributed by atoms with Crippen LogP contribution in [0.1, 0.15) is 26.2 Å². The van der Waals surface area contributed by atoms with E-state index >= 15 is 0 Å². The van der Waals surface area contributed by atoms with Gasteiger partial charge in [-0.05, 0) is 38.3 Å². The van der Waals surface area contributed by atoms with Crippen molar-refractivity contribution in [2.24, 2.45) is 0 Å². The summed E-state index contributed by atoms with van der Waals surface area (Å²) in [6.07, 6.45) is 2.28. The number of urea groups is 1. The van der Waals surface area contributed by atoms with Gasteiger partial charge < -0.3 is 20.6 Å². The Hall–Kier alpha value is -1.75. The molecule has 0 bridgehead atoms. The fourth-order valence-electron chi connectivity index (χ4n) is 2.60. The summed E-state index contributed by atoms with van der Waals surface area (Å²) in [6.45, 7) is 4.09. The summed E-state index contributed by atoms with van der Waals surface area (Å²) >= 11 is 0. The van der Waals surface area contributed by atoms with Crippen LogP contribution in [0.25, 0.3) is 0 Å². The highest BCUT2D eigenvalue weighted by molar-refractivity contribution is 5.74. The van der Waals surface area contributed by atoms with E-state index in [0.717, 1.165) is 25.9 Å². The van der Waals surface area contributed by atoms with E-state index in [4.69, 9.17) is 5.11 Å². The SMILES string of the molecule is CC(O)CCNC(=O)NC1CCCN(c2ccccc2)C1. The fourth-order valence-corrected chi connectivity index (χ4v) is 2.60. The molecule has 1 heterocycles. The molecule has 1 aromatic rings. The third-order valence-corrected chi connectivity index (χ3v) is 3.73. The highest BCUT2D eigenvalue weighted by Crippen LogP contribution is 2.19. The van der Waals surface area contributed by atoms with Crippen molar-refractivity contribution in [3.05, 3.63) is 30.3 Å². The molecule has 3 N–H and O–H groups in total. The molecular weight excluding hydrogens is 266 g/mol. The Kier molecular flexibility index (Phi) is 5.87. The molecule has 0 radical (unpaired) electrons. The molecule has 2 unspecified atom stereocenters. The summed E-state index contributed by atoms with van der Waals surface area (Å²) in [6, 6.07) is 10.3. The van der Waals surface area contributed by atoms with E-state index in [1.807, 2.05) is 18.2 Å². The monoisotopic (exact) mass is 291 g/mol. The van der Waals surface area contributed by atoms with Gasteiger partial charge in [-0.3, -0.25) is 0 Å². The zero-order valence-corrected chi connectivity index (χ0v) is 12.6. The largest absolute Gasteiger partial charge is 0.393 e.